The van der Waals surface area contributed by atoms with Crippen molar-refractivity contribution < 1.29 is 4.74 Å². The molecule has 0 radical (unpaired) electrons. The highest BCUT2D eigenvalue weighted by Crippen LogP contribution is 2.43. The van der Waals surface area contributed by atoms with Gasteiger partial charge in [0.15, 0.2) is 0 Å². The van der Waals surface area contributed by atoms with E-state index in [1.165, 1.54) is 13.0 Å². The fourth-order valence-electron chi connectivity index (χ4n) is 3.47. The zero-order valence-electron chi connectivity index (χ0n) is 11.3. The third-order valence-corrected chi connectivity index (χ3v) is 4.37. The molecule has 4 unspecified atom stereocenters. The number of nitrogens with one attached hydrogen (secondary N) is 1. The first-order valence-corrected chi connectivity index (χ1v) is 6.42. The van der Waals surface area contributed by atoms with Gasteiger partial charge >= 0.3 is 0 Å². The first-order chi connectivity index (χ1) is 7.41. The Kier molecular flexibility index (Phi) is 3.30. The Morgan fingerprint density at radius 1 is 1.25 bits per heavy atom. The van der Waals surface area contributed by atoms with Gasteiger partial charge in [-0.3, -0.25) is 5.43 Å². The minimum absolute atomic E-state index is 0.354. The molecule has 1 heterocycles. The van der Waals surface area contributed by atoms with Crippen LogP contribution in [0.3, 0.4) is 0 Å². The molecule has 1 saturated carbocycles. The molecule has 1 saturated heterocycles. The van der Waals surface area contributed by atoms with Gasteiger partial charge in [0.25, 0.3) is 0 Å². The lowest BCUT2D eigenvalue weighted by Gasteiger charge is -2.43. The molecule has 1 aliphatic heterocycles. The summed E-state index contributed by atoms with van der Waals surface area (Å²) in [5.74, 6) is 1.49. The maximum absolute atomic E-state index is 5.72. The van der Waals surface area contributed by atoms with Crippen LogP contribution in [-0.4, -0.2) is 37.9 Å². The fraction of sp³-hybridized carbons (Fsp3) is 1.00. The number of methoxy groups -OCH3 is 1. The van der Waals surface area contributed by atoms with Crippen LogP contribution in [0.4, 0.5) is 0 Å². The van der Waals surface area contributed by atoms with Crippen LogP contribution in [0.5, 0.6) is 0 Å². The van der Waals surface area contributed by atoms with E-state index in [0.717, 1.165) is 12.3 Å². The molecule has 2 fully saturated rings. The van der Waals surface area contributed by atoms with Crippen molar-refractivity contribution in [2.45, 2.75) is 45.8 Å². The lowest BCUT2D eigenvalue weighted by molar-refractivity contribution is -0.0403. The topological polar surface area (TPSA) is 24.5 Å². The van der Waals surface area contributed by atoms with Gasteiger partial charge in [-0.15, -0.1) is 0 Å². The van der Waals surface area contributed by atoms with Gasteiger partial charge in [0.1, 0.15) is 0 Å². The lowest BCUT2D eigenvalue weighted by atomic mass is 9.66. The van der Waals surface area contributed by atoms with E-state index in [9.17, 15) is 0 Å². The quantitative estimate of drug-likeness (QED) is 0.739. The molecule has 3 heteroatoms. The standard InChI is InChI=1S/C13H26N2O/c1-13(2,3)10-6-9-8-15(4)14-11(9)7-12(10)16-5/h9-12,14H,6-8H2,1-5H3. The van der Waals surface area contributed by atoms with Gasteiger partial charge in [0, 0.05) is 26.7 Å². The van der Waals surface area contributed by atoms with Crippen LogP contribution in [-0.2, 0) is 4.74 Å². The molecule has 1 N–H and O–H groups in total. The second-order valence-corrected chi connectivity index (χ2v) is 6.59. The maximum Gasteiger partial charge on any atom is 0.0620 e. The van der Waals surface area contributed by atoms with Crippen molar-refractivity contribution in [2.24, 2.45) is 17.3 Å². The van der Waals surface area contributed by atoms with Crippen molar-refractivity contribution in [3.05, 3.63) is 0 Å². The summed E-state index contributed by atoms with van der Waals surface area (Å²) < 4.78 is 5.72. The molecule has 0 bridgehead atoms. The van der Waals surface area contributed by atoms with Crippen molar-refractivity contribution in [3.63, 3.8) is 0 Å². The number of nitrogens with zero attached hydrogens (tertiary/aromatic N) is 1. The summed E-state index contributed by atoms with van der Waals surface area (Å²) in [4.78, 5) is 0. The van der Waals surface area contributed by atoms with Crippen LogP contribution in [0.2, 0.25) is 0 Å². The van der Waals surface area contributed by atoms with Crippen molar-refractivity contribution in [3.8, 4) is 0 Å². The van der Waals surface area contributed by atoms with Crippen molar-refractivity contribution in [1.82, 2.24) is 10.4 Å². The summed E-state index contributed by atoms with van der Waals surface area (Å²) in [6.45, 7) is 8.22. The Morgan fingerprint density at radius 3 is 2.50 bits per heavy atom. The van der Waals surface area contributed by atoms with Crippen LogP contribution in [0.1, 0.15) is 33.6 Å². The molecule has 0 aromatic carbocycles. The van der Waals surface area contributed by atoms with Gasteiger partial charge in [-0.1, -0.05) is 20.8 Å². The molecular weight excluding hydrogens is 200 g/mol. The first kappa shape index (κ1) is 12.3. The number of ether oxygens (including phenoxy) is 1. The summed E-state index contributed by atoms with van der Waals surface area (Å²) in [5, 5.41) is 2.24. The average molecular weight is 226 g/mol. The van der Waals surface area contributed by atoms with Crippen molar-refractivity contribution in [1.29, 1.82) is 0 Å². The number of hydrogen-bond acceptors (Lipinski definition) is 3. The SMILES string of the molecule is COC1CC2NN(C)CC2CC1C(C)(C)C. The molecule has 4 atom stereocenters. The molecule has 1 aliphatic carbocycles. The predicted molar refractivity (Wildman–Crippen MR) is 66.0 cm³/mol. The number of fused-ring (bicyclic) bond motifs is 1. The van der Waals surface area contributed by atoms with Crippen molar-refractivity contribution in [2.75, 3.05) is 20.7 Å². The smallest absolute Gasteiger partial charge is 0.0620 e. The Labute approximate surface area is 99.5 Å². The molecule has 0 amide bonds. The zero-order valence-corrected chi connectivity index (χ0v) is 11.3. The Hall–Kier alpha value is -0.120. The van der Waals surface area contributed by atoms with Gasteiger partial charge in [-0.25, -0.2) is 5.01 Å². The van der Waals surface area contributed by atoms with E-state index in [-0.39, 0.29) is 0 Å². The molecule has 0 aromatic heterocycles. The van der Waals surface area contributed by atoms with E-state index in [0.29, 0.717) is 23.5 Å². The normalized spacial score (nSPS) is 41.1. The van der Waals surface area contributed by atoms with Crippen LogP contribution < -0.4 is 5.43 Å². The molecule has 3 nitrogen and oxygen atoms in total. The summed E-state index contributed by atoms with van der Waals surface area (Å²) in [6.07, 6.45) is 2.87. The largest absolute Gasteiger partial charge is 0.381 e. The molecule has 0 spiro atoms. The van der Waals surface area contributed by atoms with Crippen LogP contribution >= 0.6 is 0 Å². The van der Waals surface area contributed by atoms with E-state index >= 15 is 0 Å². The van der Waals surface area contributed by atoms with Crippen LogP contribution in [0.15, 0.2) is 0 Å². The second kappa shape index (κ2) is 4.28. The Morgan fingerprint density at radius 2 is 1.94 bits per heavy atom. The summed E-state index contributed by atoms with van der Waals surface area (Å²) in [5.41, 5.74) is 3.90. The van der Waals surface area contributed by atoms with E-state index in [1.807, 2.05) is 7.11 Å². The van der Waals surface area contributed by atoms with E-state index < -0.39 is 0 Å². The Bertz CT molecular complexity index is 249. The molecular formula is C13H26N2O. The summed E-state index contributed by atoms with van der Waals surface area (Å²) >= 11 is 0. The highest BCUT2D eigenvalue weighted by molar-refractivity contribution is 4.97. The van der Waals surface area contributed by atoms with Crippen LogP contribution in [0, 0.1) is 17.3 Å². The van der Waals surface area contributed by atoms with Crippen molar-refractivity contribution >= 4 is 0 Å². The minimum atomic E-state index is 0.354. The maximum atomic E-state index is 5.72. The van der Waals surface area contributed by atoms with Gasteiger partial charge in [0.05, 0.1) is 6.10 Å². The number of hydrogen-bond donors (Lipinski definition) is 1. The molecule has 94 valence electrons. The third kappa shape index (κ3) is 2.27. The average Bonchev–Trinajstić information content (AvgIpc) is 2.53. The monoisotopic (exact) mass is 226 g/mol. The van der Waals surface area contributed by atoms with E-state index in [2.05, 4.69) is 38.3 Å². The highest BCUT2D eigenvalue weighted by atomic mass is 16.5. The molecule has 0 aromatic rings. The zero-order chi connectivity index (χ0) is 11.9. The van der Waals surface area contributed by atoms with Gasteiger partial charge < -0.3 is 4.74 Å². The van der Waals surface area contributed by atoms with E-state index in [4.69, 9.17) is 4.74 Å². The molecule has 2 rings (SSSR count). The highest BCUT2D eigenvalue weighted by Gasteiger charge is 2.45. The minimum Gasteiger partial charge on any atom is -0.381 e. The lowest BCUT2D eigenvalue weighted by Crippen LogP contribution is -2.47. The Balaban J connectivity index is 2.10. The number of hydrazine groups is 1. The third-order valence-electron chi connectivity index (χ3n) is 4.37. The predicted octanol–water partition coefficient (Wildman–Crippen LogP) is 1.89. The summed E-state index contributed by atoms with van der Waals surface area (Å²) in [7, 11) is 4.01. The molecule has 2 aliphatic rings. The van der Waals surface area contributed by atoms with E-state index in [1.54, 1.807) is 0 Å². The second-order valence-electron chi connectivity index (χ2n) is 6.59. The van der Waals surface area contributed by atoms with Crippen LogP contribution in [0.25, 0.3) is 0 Å². The van der Waals surface area contributed by atoms with Gasteiger partial charge in [-0.2, -0.15) is 0 Å². The molecule has 16 heavy (non-hydrogen) atoms. The fourth-order valence-corrected chi connectivity index (χ4v) is 3.47. The van der Waals surface area contributed by atoms with Gasteiger partial charge in [-0.05, 0) is 30.1 Å². The summed E-state index contributed by atoms with van der Waals surface area (Å²) in [6, 6.07) is 0.633. The first-order valence-electron chi connectivity index (χ1n) is 6.42. The van der Waals surface area contributed by atoms with Gasteiger partial charge in [0.2, 0.25) is 0 Å². The number of rotatable bonds is 1.